The molecule has 0 saturated heterocycles. The lowest BCUT2D eigenvalue weighted by molar-refractivity contribution is -0.220. The van der Waals surface area contributed by atoms with E-state index in [4.69, 9.17) is 4.74 Å². The fourth-order valence-corrected chi connectivity index (χ4v) is 5.41. The van der Waals surface area contributed by atoms with E-state index in [1.54, 1.807) is 0 Å². The van der Waals surface area contributed by atoms with E-state index in [0.717, 1.165) is 18.3 Å². The third kappa shape index (κ3) is 2.23. The van der Waals surface area contributed by atoms with Crippen LogP contribution in [0.5, 0.6) is 0 Å². The molecule has 4 saturated carbocycles. The van der Waals surface area contributed by atoms with Crippen molar-refractivity contribution >= 4 is 5.97 Å². The molecule has 0 amide bonds. The van der Waals surface area contributed by atoms with Gasteiger partial charge in [-0.3, -0.25) is 4.79 Å². The van der Waals surface area contributed by atoms with Gasteiger partial charge in [-0.1, -0.05) is 13.8 Å². The number of ether oxygens (including phenoxy) is 1. The van der Waals surface area contributed by atoms with Crippen molar-refractivity contribution in [3.63, 3.8) is 0 Å². The van der Waals surface area contributed by atoms with Gasteiger partial charge in [-0.15, -0.1) is 0 Å². The van der Waals surface area contributed by atoms with Crippen LogP contribution in [0.15, 0.2) is 0 Å². The maximum absolute atomic E-state index is 12.7. The van der Waals surface area contributed by atoms with Crippen molar-refractivity contribution < 1.29 is 14.6 Å². The van der Waals surface area contributed by atoms with Crippen molar-refractivity contribution in [3.05, 3.63) is 0 Å². The first-order valence-electron chi connectivity index (χ1n) is 8.81. The number of hydrogen-bond donors (Lipinski definition) is 1. The number of aliphatic hydroxyl groups is 1. The Morgan fingerprint density at radius 3 is 2.05 bits per heavy atom. The van der Waals surface area contributed by atoms with Crippen molar-refractivity contribution in [1.82, 2.24) is 0 Å². The van der Waals surface area contributed by atoms with Crippen LogP contribution in [-0.4, -0.2) is 23.3 Å². The Balaban J connectivity index is 1.83. The van der Waals surface area contributed by atoms with Gasteiger partial charge in [-0.05, 0) is 75.5 Å². The van der Waals surface area contributed by atoms with Crippen LogP contribution in [0.25, 0.3) is 0 Å². The Morgan fingerprint density at radius 1 is 1.14 bits per heavy atom. The lowest BCUT2D eigenvalue weighted by Gasteiger charge is -2.60. The molecule has 3 nitrogen and oxygen atoms in total. The van der Waals surface area contributed by atoms with Gasteiger partial charge in [0.05, 0.1) is 12.0 Å². The molecule has 4 aliphatic carbocycles. The molecular formula is C18H30O3. The van der Waals surface area contributed by atoms with Gasteiger partial charge in [-0.25, -0.2) is 0 Å². The molecule has 0 radical (unpaired) electrons. The van der Waals surface area contributed by atoms with E-state index < -0.39 is 5.41 Å². The Morgan fingerprint density at radius 2 is 1.67 bits per heavy atom. The van der Waals surface area contributed by atoms with Crippen molar-refractivity contribution in [2.45, 2.75) is 71.3 Å². The van der Waals surface area contributed by atoms with Crippen LogP contribution in [0.1, 0.15) is 65.7 Å². The van der Waals surface area contributed by atoms with E-state index in [0.29, 0.717) is 18.3 Å². The monoisotopic (exact) mass is 294 g/mol. The van der Waals surface area contributed by atoms with Gasteiger partial charge < -0.3 is 9.84 Å². The van der Waals surface area contributed by atoms with Crippen LogP contribution in [0.4, 0.5) is 0 Å². The molecule has 4 bridgehead atoms. The highest BCUT2D eigenvalue weighted by atomic mass is 16.6. The summed E-state index contributed by atoms with van der Waals surface area (Å²) in [5, 5.41) is 9.59. The summed E-state index contributed by atoms with van der Waals surface area (Å²) in [5.41, 5.74) is -0.979. The summed E-state index contributed by atoms with van der Waals surface area (Å²) in [6.45, 7) is 5.84. The fraction of sp³-hybridized carbons (Fsp3) is 0.944. The van der Waals surface area contributed by atoms with Crippen LogP contribution < -0.4 is 0 Å². The second-order valence-electron chi connectivity index (χ2n) is 8.07. The smallest absolute Gasteiger partial charge is 0.314 e. The molecule has 1 N–H and O–H groups in total. The molecule has 0 aromatic carbocycles. The predicted octanol–water partition coefficient (Wildman–Crippen LogP) is 3.54. The zero-order valence-electron chi connectivity index (χ0n) is 13.7. The Labute approximate surface area is 128 Å². The van der Waals surface area contributed by atoms with E-state index in [2.05, 4.69) is 6.92 Å². The van der Waals surface area contributed by atoms with Crippen LogP contribution in [0.3, 0.4) is 0 Å². The molecule has 1 atom stereocenters. The summed E-state index contributed by atoms with van der Waals surface area (Å²) in [5.74, 6) is 2.69. The van der Waals surface area contributed by atoms with Crippen LogP contribution >= 0.6 is 0 Å². The molecular weight excluding hydrogens is 264 g/mol. The first-order chi connectivity index (χ1) is 9.97. The second kappa shape index (κ2) is 5.26. The second-order valence-corrected chi connectivity index (χ2v) is 8.07. The average molecular weight is 294 g/mol. The van der Waals surface area contributed by atoms with Gasteiger partial charge in [0.1, 0.15) is 5.60 Å². The summed E-state index contributed by atoms with van der Waals surface area (Å²) in [7, 11) is 0. The quantitative estimate of drug-likeness (QED) is 0.789. The van der Waals surface area contributed by atoms with E-state index in [9.17, 15) is 9.90 Å². The third-order valence-electron chi connectivity index (χ3n) is 6.98. The third-order valence-corrected chi connectivity index (χ3v) is 6.98. The van der Waals surface area contributed by atoms with Crippen LogP contribution in [0.2, 0.25) is 0 Å². The highest BCUT2D eigenvalue weighted by molar-refractivity contribution is 5.77. The van der Waals surface area contributed by atoms with Gasteiger partial charge >= 0.3 is 5.97 Å². The molecule has 120 valence electrons. The van der Waals surface area contributed by atoms with Gasteiger partial charge in [0.25, 0.3) is 0 Å². The Kier molecular flexibility index (Phi) is 3.84. The summed E-state index contributed by atoms with van der Waals surface area (Å²) < 4.78 is 6.21. The normalized spacial score (nSPS) is 43.6. The fourth-order valence-electron chi connectivity index (χ4n) is 5.41. The number of rotatable bonds is 5. The Bertz CT molecular complexity index is 383. The molecule has 1 unspecified atom stereocenters. The van der Waals surface area contributed by atoms with Crippen LogP contribution in [0, 0.1) is 29.1 Å². The summed E-state index contributed by atoms with van der Waals surface area (Å²) in [4.78, 5) is 12.7. The lowest BCUT2D eigenvalue weighted by Crippen LogP contribution is -2.60. The highest BCUT2D eigenvalue weighted by Gasteiger charge is 2.59. The minimum atomic E-state index is -0.739. The minimum absolute atomic E-state index is 0.122. The lowest BCUT2D eigenvalue weighted by atomic mass is 9.49. The standard InChI is InChI=1S/C18H30O3/c1-4-17(3,11-19)16(20)21-18(5-2)14-7-12-6-13(9-14)10-15(18)8-12/h12-15,19H,4-11H2,1-3H3. The zero-order valence-corrected chi connectivity index (χ0v) is 13.7. The first-order valence-corrected chi connectivity index (χ1v) is 8.81. The topological polar surface area (TPSA) is 46.5 Å². The molecule has 0 aromatic rings. The highest BCUT2D eigenvalue weighted by Crippen LogP contribution is 2.60. The maximum Gasteiger partial charge on any atom is 0.314 e. The van der Waals surface area contributed by atoms with Gasteiger partial charge in [0, 0.05) is 0 Å². The van der Waals surface area contributed by atoms with Gasteiger partial charge in [-0.2, -0.15) is 0 Å². The van der Waals surface area contributed by atoms with E-state index >= 15 is 0 Å². The summed E-state index contributed by atoms with van der Waals surface area (Å²) in [6, 6.07) is 0. The van der Waals surface area contributed by atoms with Crippen molar-refractivity contribution in [2.75, 3.05) is 6.61 Å². The summed E-state index contributed by atoms with van der Waals surface area (Å²) >= 11 is 0. The number of aliphatic hydroxyl groups excluding tert-OH is 1. The largest absolute Gasteiger partial charge is 0.458 e. The number of esters is 1. The molecule has 0 spiro atoms. The van der Waals surface area contributed by atoms with E-state index in [1.165, 1.54) is 32.1 Å². The van der Waals surface area contributed by atoms with Crippen LogP contribution in [-0.2, 0) is 9.53 Å². The van der Waals surface area contributed by atoms with E-state index in [-0.39, 0.29) is 18.2 Å². The molecule has 4 fully saturated rings. The molecule has 0 aliphatic heterocycles. The zero-order chi connectivity index (χ0) is 15.3. The summed E-state index contributed by atoms with van der Waals surface area (Å²) in [6.07, 6.45) is 7.95. The van der Waals surface area contributed by atoms with Gasteiger partial charge in [0.15, 0.2) is 0 Å². The first kappa shape index (κ1) is 15.3. The Hall–Kier alpha value is -0.570. The van der Waals surface area contributed by atoms with Crippen molar-refractivity contribution in [2.24, 2.45) is 29.1 Å². The van der Waals surface area contributed by atoms with E-state index in [1.807, 2.05) is 13.8 Å². The molecule has 3 heteroatoms. The molecule has 21 heavy (non-hydrogen) atoms. The molecule has 4 aliphatic rings. The maximum atomic E-state index is 12.7. The SMILES string of the molecule is CCC(C)(CO)C(=O)OC1(CC)C2CC3CC(C2)CC1C3. The molecule has 0 aromatic heterocycles. The molecule has 0 heterocycles. The number of carbonyl (C=O) groups excluding carboxylic acids is 1. The number of hydrogen-bond acceptors (Lipinski definition) is 3. The average Bonchev–Trinajstić information content (AvgIpc) is 2.49. The predicted molar refractivity (Wildman–Crippen MR) is 81.6 cm³/mol. The molecule has 4 rings (SSSR count). The van der Waals surface area contributed by atoms with Gasteiger partial charge in [0.2, 0.25) is 0 Å². The van der Waals surface area contributed by atoms with Crippen molar-refractivity contribution in [1.29, 1.82) is 0 Å². The minimum Gasteiger partial charge on any atom is -0.458 e. The van der Waals surface area contributed by atoms with Crippen molar-refractivity contribution in [3.8, 4) is 0 Å². The number of carbonyl (C=O) groups is 1.